The Balaban J connectivity index is -0.0000000200. The van der Waals surface area contributed by atoms with Crippen molar-refractivity contribution in [3.63, 3.8) is 0 Å². The molecule has 0 saturated heterocycles. The second-order valence-electron chi connectivity index (χ2n) is 0.0745. The van der Waals surface area contributed by atoms with Crippen LogP contribution in [0, 0.1) is 0 Å². The Kier molecular flexibility index (Phi) is 56.1. The molecule has 5 heteroatoms. The molecule has 0 rings (SSSR count). The summed E-state index contributed by atoms with van der Waals surface area (Å²) in [7, 11) is -1.08. The minimum Gasteiger partial charge on any atom is -0.772 e. The van der Waals surface area contributed by atoms with Gasteiger partial charge in [0, 0.05) is 0 Å². The largest absolute Gasteiger partial charge is 2.00 e. The molecule has 0 aromatic heterocycles. The monoisotopic (exact) mass is 219 g/mol. The van der Waals surface area contributed by atoms with E-state index in [2.05, 4.69) is 0 Å². The molecule has 0 unspecified atom stereocenters. The summed E-state index contributed by atoms with van der Waals surface area (Å²) in [5.41, 5.74) is 0. The Morgan fingerprint density at radius 2 is 1.60 bits per heavy atom. The van der Waals surface area contributed by atoms with Crippen LogP contribution in [0.3, 0.4) is 0 Å². The number of hydrogen-bond donors (Lipinski definition) is 0. The minimum atomic E-state index is -1.08. The van der Waals surface area contributed by atoms with Crippen LogP contribution in [0.15, 0.2) is 0 Å². The molecule has 0 fully saturated rings. The van der Waals surface area contributed by atoms with Crippen molar-refractivity contribution in [1.82, 2.24) is 0 Å². The Morgan fingerprint density at radius 1 is 1.60 bits per heavy atom. The van der Waals surface area contributed by atoms with E-state index in [4.69, 9.17) is 9.46 Å². The van der Waals surface area contributed by atoms with Gasteiger partial charge in [-0.3, -0.25) is 4.57 Å². The van der Waals surface area contributed by atoms with Gasteiger partial charge in [-0.2, -0.15) is 0 Å². The molecule has 0 spiro atoms. The Bertz CT molecular complexity index is 14.4. The first-order valence-electron chi connectivity index (χ1n) is 0.365. The molecule has 0 saturated carbocycles. The normalized spacial score (nSPS) is 4.20. The van der Waals surface area contributed by atoms with Gasteiger partial charge >= 0.3 is 48.9 Å². The summed E-state index contributed by atoms with van der Waals surface area (Å²) in [6, 6.07) is 0. The van der Waals surface area contributed by atoms with Crippen LogP contribution in [-0.4, -0.2) is 54.4 Å². The van der Waals surface area contributed by atoms with Crippen LogP contribution in [0.1, 0.15) is 0 Å². The molecule has 0 aliphatic carbocycles. The first kappa shape index (κ1) is 16.0. The van der Waals surface area contributed by atoms with Crippen LogP contribution in [0.5, 0.6) is 0 Å². The van der Waals surface area contributed by atoms with Gasteiger partial charge in [-0.05, 0) is 0 Å². The molecule has 0 heterocycles. The van der Waals surface area contributed by atoms with Gasteiger partial charge in [0.15, 0.2) is 0 Å². The third kappa shape index (κ3) is 28.5. The van der Waals surface area contributed by atoms with Crippen molar-refractivity contribution in [3.8, 4) is 0 Å². The zero-order valence-electron chi connectivity index (χ0n) is 2.47. The van der Waals surface area contributed by atoms with E-state index in [1.54, 1.807) is 0 Å². The van der Waals surface area contributed by atoms with E-state index < -0.39 is 8.69 Å². The summed E-state index contributed by atoms with van der Waals surface area (Å²) in [6.45, 7) is 0. The SMILES string of the molecule is O.O=P[O-].[Ba+2]. The molecule has 0 atom stereocenters. The molecule has 0 aliphatic heterocycles. The van der Waals surface area contributed by atoms with Gasteiger partial charge in [0.05, 0.1) is 8.69 Å². The average Bonchev–Trinajstić information content (AvgIpc) is 0.918. The van der Waals surface area contributed by atoms with E-state index in [0.717, 1.165) is 0 Å². The van der Waals surface area contributed by atoms with Crippen molar-refractivity contribution >= 4 is 57.6 Å². The molecule has 0 aliphatic rings. The molecular formula is H2BaO3P+. The second-order valence-corrected chi connectivity index (χ2v) is 0.224. The van der Waals surface area contributed by atoms with E-state index in [9.17, 15) is 0 Å². The topological polar surface area (TPSA) is 71.6 Å². The van der Waals surface area contributed by atoms with Crippen LogP contribution < -0.4 is 4.89 Å². The van der Waals surface area contributed by atoms with E-state index in [0.29, 0.717) is 0 Å². The van der Waals surface area contributed by atoms with Crippen molar-refractivity contribution in [3.05, 3.63) is 0 Å². The maximum Gasteiger partial charge on any atom is 2.00 e. The van der Waals surface area contributed by atoms with Gasteiger partial charge in [-0.15, -0.1) is 0 Å². The van der Waals surface area contributed by atoms with Crippen molar-refractivity contribution in [1.29, 1.82) is 0 Å². The fourth-order valence-corrected chi connectivity index (χ4v) is 0. The van der Waals surface area contributed by atoms with Crippen LogP contribution in [0.25, 0.3) is 0 Å². The van der Waals surface area contributed by atoms with E-state index >= 15 is 0 Å². The first-order valence-corrected chi connectivity index (χ1v) is 1.10. The Morgan fingerprint density at radius 3 is 1.60 bits per heavy atom. The zero-order valence-corrected chi connectivity index (χ0v) is 7.81. The predicted molar refractivity (Wildman–Crippen MR) is 17.0 cm³/mol. The van der Waals surface area contributed by atoms with Gasteiger partial charge in [0.2, 0.25) is 0 Å². The predicted octanol–water partition coefficient (Wildman–Crippen LogP) is -1.65. The molecule has 0 radical (unpaired) electrons. The van der Waals surface area contributed by atoms with Gasteiger partial charge in [-0.1, -0.05) is 0 Å². The standard InChI is InChI=1S/Ba.HO2P.H2O/c;1-3-2;/h;(H,1,2);1H2/q+2;;/p-1. The summed E-state index contributed by atoms with van der Waals surface area (Å²) < 4.78 is 8.35. The smallest absolute Gasteiger partial charge is 0.772 e. The molecule has 0 aromatic rings. The van der Waals surface area contributed by atoms with Gasteiger partial charge in [-0.25, -0.2) is 0 Å². The summed E-state index contributed by atoms with van der Waals surface area (Å²) >= 11 is 0. The number of hydrogen-bond acceptors (Lipinski definition) is 2. The van der Waals surface area contributed by atoms with Crippen molar-refractivity contribution in [2.24, 2.45) is 0 Å². The molecule has 0 aromatic carbocycles. The van der Waals surface area contributed by atoms with Crippen LogP contribution in [0.2, 0.25) is 0 Å². The van der Waals surface area contributed by atoms with Crippen LogP contribution >= 0.6 is 8.69 Å². The molecule has 26 valence electrons. The van der Waals surface area contributed by atoms with E-state index in [1.807, 2.05) is 0 Å². The van der Waals surface area contributed by atoms with Gasteiger partial charge in [0.1, 0.15) is 0 Å². The molecular weight excluding hydrogens is 216 g/mol. The van der Waals surface area contributed by atoms with Crippen LogP contribution in [-0.2, 0) is 4.57 Å². The Hall–Kier alpha value is 1.59. The maximum absolute atomic E-state index is 8.35. The van der Waals surface area contributed by atoms with Gasteiger partial charge in [0.25, 0.3) is 0 Å². The van der Waals surface area contributed by atoms with Crippen molar-refractivity contribution < 1.29 is 14.9 Å². The Labute approximate surface area is 71.4 Å². The second kappa shape index (κ2) is 17.6. The van der Waals surface area contributed by atoms with E-state index in [1.165, 1.54) is 0 Å². The minimum absolute atomic E-state index is 0. The fourth-order valence-electron chi connectivity index (χ4n) is 0. The maximum atomic E-state index is 8.35. The molecule has 0 amide bonds. The third-order valence-electron chi connectivity index (χ3n) is 0. The molecule has 5 heavy (non-hydrogen) atoms. The first-order chi connectivity index (χ1) is 1.41. The van der Waals surface area contributed by atoms with Crippen molar-refractivity contribution in [2.75, 3.05) is 0 Å². The van der Waals surface area contributed by atoms with Crippen LogP contribution in [0.4, 0.5) is 0 Å². The summed E-state index contributed by atoms with van der Waals surface area (Å²) in [5, 5.41) is 0. The quantitative estimate of drug-likeness (QED) is 0.361. The van der Waals surface area contributed by atoms with E-state index in [-0.39, 0.29) is 54.4 Å². The zero-order chi connectivity index (χ0) is 2.71. The summed E-state index contributed by atoms with van der Waals surface area (Å²) in [4.78, 5) is 8.35. The van der Waals surface area contributed by atoms with Crippen molar-refractivity contribution in [2.45, 2.75) is 0 Å². The summed E-state index contributed by atoms with van der Waals surface area (Å²) in [5.74, 6) is 0. The molecule has 2 N–H and O–H groups in total. The van der Waals surface area contributed by atoms with Gasteiger partial charge < -0.3 is 10.4 Å². The number of rotatable bonds is 0. The third-order valence-corrected chi connectivity index (χ3v) is 0. The fraction of sp³-hybridized carbons (Fsp3) is 0. The summed E-state index contributed by atoms with van der Waals surface area (Å²) in [6.07, 6.45) is 0. The molecule has 0 bridgehead atoms. The average molecular weight is 218 g/mol. The molecule has 3 nitrogen and oxygen atoms in total.